The fourth-order valence-electron chi connectivity index (χ4n) is 3.62. The van der Waals surface area contributed by atoms with Crippen LogP contribution in [0.25, 0.3) is 0 Å². The van der Waals surface area contributed by atoms with Crippen molar-refractivity contribution in [3.63, 3.8) is 0 Å². The van der Waals surface area contributed by atoms with Gasteiger partial charge < -0.3 is 15.0 Å². The number of benzene rings is 2. The Morgan fingerprint density at radius 2 is 1.79 bits per heavy atom. The van der Waals surface area contributed by atoms with E-state index >= 15 is 0 Å². The van der Waals surface area contributed by atoms with Crippen molar-refractivity contribution >= 4 is 17.5 Å². The topological polar surface area (TPSA) is 63.2 Å². The Kier molecular flexibility index (Phi) is 5.66. The van der Waals surface area contributed by atoms with Crippen LogP contribution in [0.3, 0.4) is 0 Å². The Bertz CT molecular complexity index is 877. The summed E-state index contributed by atoms with van der Waals surface area (Å²) in [6, 6.07) is 18.4. The van der Waals surface area contributed by atoms with Gasteiger partial charge in [0, 0.05) is 18.8 Å². The molecule has 1 saturated heterocycles. The summed E-state index contributed by atoms with van der Waals surface area (Å²) >= 11 is 0. The van der Waals surface area contributed by atoms with Crippen LogP contribution >= 0.6 is 0 Å². The lowest BCUT2D eigenvalue weighted by Crippen LogP contribution is -2.35. The Hall–Kier alpha value is -3.15. The molecule has 0 saturated carbocycles. The van der Waals surface area contributed by atoms with Crippen molar-refractivity contribution in [2.75, 3.05) is 30.4 Å². The minimum Gasteiger partial charge on any atom is -0.497 e. The Morgan fingerprint density at radius 3 is 2.50 bits per heavy atom. The molecule has 0 amide bonds. The molecule has 0 atom stereocenters. The van der Waals surface area contributed by atoms with Crippen molar-refractivity contribution in [1.29, 1.82) is 0 Å². The molecule has 0 radical (unpaired) electrons. The first kappa shape index (κ1) is 18.2. The molecule has 1 aliphatic rings. The summed E-state index contributed by atoms with van der Waals surface area (Å²) < 4.78 is 5.19. The first-order valence-corrected chi connectivity index (χ1v) is 9.70. The molecule has 0 aliphatic carbocycles. The quantitative estimate of drug-likeness (QED) is 0.700. The molecule has 0 bridgehead atoms. The van der Waals surface area contributed by atoms with Gasteiger partial charge in [-0.1, -0.05) is 30.3 Å². The van der Waals surface area contributed by atoms with Gasteiger partial charge in [0.1, 0.15) is 5.75 Å². The van der Waals surface area contributed by atoms with Gasteiger partial charge in [0.15, 0.2) is 5.82 Å². The number of ether oxygens (including phenoxy) is 1. The maximum atomic E-state index is 5.19. The number of anilines is 3. The highest BCUT2D eigenvalue weighted by Gasteiger charge is 2.21. The average molecular weight is 375 g/mol. The van der Waals surface area contributed by atoms with Crippen molar-refractivity contribution in [2.24, 2.45) is 5.92 Å². The Balaban J connectivity index is 1.35. The number of hydrogen-bond acceptors (Lipinski definition) is 6. The predicted octanol–water partition coefficient (Wildman–Crippen LogP) is 4.08. The van der Waals surface area contributed by atoms with Crippen LogP contribution in [-0.4, -0.2) is 35.4 Å². The van der Waals surface area contributed by atoms with Crippen LogP contribution in [0.5, 0.6) is 5.75 Å². The van der Waals surface area contributed by atoms with Crippen molar-refractivity contribution in [3.8, 4) is 5.75 Å². The normalized spacial score (nSPS) is 14.7. The van der Waals surface area contributed by atoms with E-state index in [4.69, 9.17) is 4.74 Å². The molecule has 0 unspecified atom stereocenters. The van der Waals surface area contributed by atoms with Gasteiger partial charge in [-0.25, -0.2) is 0 Å². The van der Waals surface area contributed by atoms with E-state index in [1.54, 1.807) is 13.3 Å². The second kappa shape index (κ2) is 8.69. The Morgan fingerprint density at radius 1 is 1.04 bits per heavy atom. The molecule has 1 fully saturated rings. The molecule has 6 heteroatoms. The standard InChI is InChI=1S/C22H25N5O/c1-28-20-9-7-19(8-10-20)24-22-25-21(16-23-26-22)27-13-11-18(12-14-27)15-17-5-3-2-4-6-17/h2-10,16,18H,11-15H2,1H3,(H,24,25,26). The van der Waals surface area contributed by atoms with Crippen molar-refractivity contribution in [2.45, 2.75) is 19.3 Å². The molecule has 2 aromatic carbocycles. The van der Waals surface area contributed by atoms with Crippen LogP contribution in [0.4, 0.5) is 17.5 Å². The number of nitrogens with zero attached hydrogens (tertiary/aromatic N) is 4. The molecule has 2 heterocycles. The maximum absolute atomic E-state index is 5.19. The van der Waals surface area contributed by atoms with Crippen molar-refractivity contribution < 1.29 is 4.74 Å². The van der Waals surface area contributed by atoms with E-state index in [1.807, 2.05) is 24.3 Å². The summed E-state index contributed by atoms with van der Waals surface area (Å²) in [6.45, 7) is 2.00. The molecule has 3 aromatic rings. The summed E-state index contributed by atoms with van der Waals surface area (Å²) in [7, 11) is 1.65. The predicted molar refractivity (Wildman–Crippen MR) is 111 cm³/mol. The first-order valence-electron chi connectivity index (χ1n) is 9.70. The summed E-state index contributed by atoms with van der Waals surface area (Å²) in [4.78, 5) is 6.95. The highest BCUT2D eigenvalue weighted by atomic mass is 16.5. The first-order chi connectivity index (χ1) is 13.8. The number of methoxy groups -OCH3 is 1. The van der Waals surface area contributed by atoms with E-state index in [2.05, 4.69) is 55.7 Å². The molecule has 1 aromatic heterocycles. The van der Waals surface area contributed by atoms with E-state index in [0.29, 0.717) is 5.95 Å². The highest BCUT2D eigenvalue weighted by Crippen LogP contribution is 2.25. The second-order valence-corrected chi connectivity index (χ2v) is 7.11. The molecule has 1 N–H and O–H groups in total. The van der Waals surface area contributed by atoms with Gasteiger partial charge in [0.05, 0.1) is 13.3 Å². The van der Waals surface area contributed by atoms with Gasteiger partial charge in [-0.2, -0.15) is 10.1 Å². The molecule has 28 heavy (non-hydrogen) atoms. The van der Waals surface area contributed by atoms with E-state index in [0.717, 1.165) is 42.7 Å². The van der Waals surface area contributed by atoms with Crippen LogP contribution in [0.2, 0.25) is 0 Å². The lowest BCUT2D eigenvalue weighted by atomic mass is 9.90. The van der Waals surface area contributed by atoms with E-state index in [-0.39, 0.29) is 0 Å². The molecular formula is C22H25N5O. The third-order valence-corrected chi connectivity index (χ3v) is 5.20. The number of hydrogen-bond donors (Lipinski definition) is 1. The zero-order valence-corrected chi connectivity index (χ0v) is 16.1. The fourth-order valence-corrected chi connectivity index (χ4v) is 3.62. The minimum absolute atomic E-state index is 0.508. The van der Waals surface area contributed by atoms with E-state index in [9.17, 15) is 0 Å². The van der Waals surface area contributed by atoms with Gasteiger partial charge in [0.2, 0.25) is 5.95 Å². The highest BCUT2D eigenvalue weighted by molar-refractivity contribution is 5.55. The monoisotopic (exact) mass is 375 g/mol. The summed E-state index contributed by atoms with van der Waals surface area (Å²) in [5, 5.41) is 11.5. The van der Waals surface area contributed by atoms with Crippen molar-refractivity contribution in [1.82, 2.24) is 15.2 Å². The zero-order valence-electron chi connectivity index (χ0n) is 16.1. The number of nitrogens with one attached hydrogen (secondary N) is 1. The van der Waals surface area contributed by atoms with Crippen LogP contribution in [0, 0.1) is 5.92 Å². The van der Waals surface area contributed by atoms with Gasteiger partial charge >= 0.3 is 0 Å². The molecular weight excluding hydrogens is 350 g/mol. The maximum Gasteiger partial charge on any atom is 0.249 e. The van der Waals surface area contributed by atoms with E-state index in [1.165, 1.54) is 18.4 Å². The molecule has 4 rings (SSSR count). The third-order valence-electron chi connectivity index (χ3n) is 5.20. The van der Waals surface area contributed by atoms with Crippen LogP contribution in [-0.2, 0) is 6.42 Å². The van der Waals surface area contributed by atoms with Crippen LogP contribution in [0.1, 0.15) is 18.4 Å². The van der Waals surface area contributed by atoms with Gasteiger partial charge in [-0.3, -0.25) is 0 Å². The number of piperidine rings is 1. The lowest BCUT2D eigenvalue weighted by molar-refractivity contribution is 0.402. The molecule has 144 valence electrons. The SMILES string of the molecule is COc1ccc(Nc2nncc(N3CCC(Cc4ccccc4)CC3)n2)cc1. The van der Waals surface area contributed by atoms with Crippen molar-refractivity contribution in [3.05, 3.63) is 66.4 Å². The van der Waals surface area contributed by atoms with Crippen LogP contribution < -0.4 is 15.0 Å². The molecule has 0 spiro atoms. The Labute approximate surface area is 165 Å². The largest absolute Gasteiger partial charge is 0.497 e. The smallest absolute Gasteiger partial charge is 0.249 e. The average Bonchev–Trinajstić information content (AvgIpc) is 2.76. The lowest BCUT2D eigenvalue weighted by Gasteiger charge is -2.32. The summed E-state index contributed by atoms with van der Waals surface area (Å²) in [6.07, 6.45) is 5.23. The fraction of sp³-hybridized carbons (Fsp3) is 0.318. The molecule has 1 aliphatic heterocycles. The summed E-state index contributed by atoms with van der Waals surface area (Å²) in [5.41, 5.74) is 2.33. The van der Waals surface area contributed by atoms with Gasteiger partial charge in [0.25, 0.3) is 0 Å². The summed E-state index contributed by atoms with van der Waals surface area (Å²) in [5.74, 6) is 2.93. The van der Waals surface area contributed by atoms with Gasteiger partial charge in [-0.15, -0.1) is 5.10 Å². The van der Waals surface area contributed by atoms with Gasteiger partial charge in [-0.05, 0) is 55.0 Å². The van der Waals surface area contributed by atoms with E-state index < -0.39 is 0 Å². The zero-order chi connectivity index (χ0) is 19.2. The second-order valence-electron chi connectivity index (χ2n) is 7.11. The molecule has 6 nitrogen and oxygen atoms in total. The number of aromatic nitrogens is 3. The number of rotatable bonds is 6. The minimum atomic E-state index is 0.508. The third kappa shape index (κ3) is 4.57. The van der Waals surface area contributed by atoms with Crippen LogP contribution in [0.15, 0.2) is 60.8 Å².